The van der Waals surface area contributed by atoms with Crippen molar-refractivity contribution in [2.45, 2.75) is 19.4 Å². The molecule has 1 atom stereocenters. The van der Waals surface area contributed by atoms with Crippen LogP contribution in [0.5, 0.6) is 0 Å². The lowest BCUT2D eigenvalue weighted by Crippen LogP contribution is -2.06. The quantitative estimate of drug-likeness (QED) is 0.583. The van der Waals surface area contributed by atoms with E-state index in [4.69, 9.17) is 0 Å². The number of aromatic nitrogens is 1. The van der Waals surface area contributed by atoms with Crippen molar-refractivity contribution in [3.05, 3.63) is 83.7 Å². The van der Waals surface area contributed by atoms with E-state index in [1.165, 1.54) is 33.5 Å². The van der Waals surface area contributed by atoms with E-state index in [1.54, 1.807) is 0 Å². The Morgan fingerprint density at radius 3 is 2.68 bits per heavy atom. The number of hydrogen-bond acceptors (Lipinski definition) is 2. The Morgan fingerprint density at radius 2 is 1.82 bits per heavy atom. The van der Waals surface area contributed by atoms with E-state index in [0.717, 1.165) is 6.42 Å². The van der Waals surface area contributed by atoms with Crippen LogP contribution >= 0.6 is 0 Å². The summed E-state index contributed by atoms with van der Waals surface area (Å²) in [6.07, 6.45) is 4.76. The fraction of sp³-hybridized carbons (Fsp3) is 0.150. The maximum Gasteiger partial charge on any atom is 0.0500 e. The monoisotopic (exact) mass is 286 g/mol. The van der Waals surface area contributed by atoms with Crippen molar-refractivity contribution in [1.82, 2.24) is 4.98 Å². The molecule has 108 valence electrons. The van der Waals surface area contributed by atoms with Crippen LogP contribution in [0.1, 0.15) is 29.7 Å². The van der Waals surface area contributed by atoms with Crippen LogP contribution in [0.4, 0.5) is 5.69 Å². The zero-order valence-electron chi connectivity index (χ0n) is 12.6. The normalized spacial score (nSPS) is 13.3. The summed E-state index contributed by atoms with van der Waals surface area (Å²) < 4.78 is 0. The predicted octanol–water partition coefficient (Wildman–Crippen LogP) is 4.83. The Hall–Kier alpha value is -2.61. The van der Waals surface area contributed by atoms with E-state index >= 15 is 0 Å². The van der Waals surface area contributed by atoms with Gasteiger partial charge >= 0.3 is 0 Å². The smallest absolute Gasteiger partial charge is 0.0500 e. The first-order valence-corrected chi connectivity index (χ1v) is 7.69. The number of benzene rings is 2. The van der Waals surface area contributed by atoms with Gasteiger partial charge in [0.2, 0.25) is 0 Å². The molecule has 3 aromatic rings. The molecule has 0 radical (unpaired) electrons. The van der Waals surface area contributed by atoms with Crippen molar-refractivity contribution in [3.8, 4) is 11.1 Å². The van der Waals surface area contributed by atoms with Gasteiger partial charge in [0.1, 0.15) is 0 Å². The van der Waals surface area contributed by atoms with Gasteiger partial charge in [0.05, 0.1) is 6.04 Å². The van der Waals surface area contributed by atoms with Crippen molar-refractivity contribution < 1.29 is 0 Å². The highest BCUT2D eigenvalue weighted by atomic mass is 14.9. The third-order valence-electron chi connectivity index (χ3n) is 4.36. The summed E-state index contributed by atoms with van der Waals surface area (Å²) in [5.41, 5.74) is 7.95. The SMILES string of the molecule is CC(Nc1ccc2c(c1)Cc1ccccc1-2)c1cccnc1. The van der Waals surface area contributed by atoms with Crippen LogP contribution in [0, 0.1) is 0 Å². The van der Waals surface area contributed by atoms with Crippen LogP contribution in [0.3, 0.4) is 0 Å². The number of nitrogens with one attached hydrogen (secondary N) is 1. The third kappa shape index (κ3) is 2.27. The highest BCUT2D eigenvalue weighted by Crippen LogP contribution is 2.37. The second kappa shape index (κ2) is 5.30. The van der Waals surface area contributed by atoms with Gasteiger partial charge in [-0.3, -0.25) is 4.98 Å². The molecule has 0 fully saturated rings. The average Bonchev–Trinajstić information content (AvgIpc) is 2.93. The minimum Gasteiger partial charge on any atom is -0.378 e. The van der Waals surface area contributed by atoms with Gasteiger partial charge in [-0.25, -0.2) is 0 Å². The molecule has 1 aliphatic carbocycles. The minimum absolute atomic E-state index is 0.246. The van der Waals surface area contributed by atoms with Crippen LogP contribution in [-0.4, -0.2) is 4.98 Å². The highest BCUT2D eigenvalue weighted by Gasteiger charge is 2.18. The second-order valence-electron chi connectivity index (χ2n) is 5.86. The molecule has 1 aliphatic rings. The maximum atomic E-state index is 4.19. The van der Waals surface area contributed by atoms with Crippen LogP contribution in [0.25, 0.3) is 11.1 Å². The molecule has 2 aromatic carbocycles. The van der Waals surface area contributed by atoms with Crippen LogP contribution in [-0.2, 0) is 6.42 Å². The third-order valence-corrected chi connectivity index (χ3v) is 4.36. The fourth-order valence-electron chi connectivity index (χ4n) is 3.20. The van der Waals surface area contributed by atoms with E-state index in [-0.39, 0.29) is 6.04 Å². The molecule has 0 saturated heterocycles. The Bertz CT molecular complexity index is 809. The molecule has 1 heterocycles. The average molecular weight is 286 g/mol. The lowest BCUT2D eigenvalue weighted by Gasteiger charge is -2.16. The molecule has 0 bridgehead atoms. The zero-order chi connectivity index (χ0) is 14.9. The lowest BCUT2D eigenvalue weighted by atomic mass is 10.0. The molecule has 1 unspecified atom stereocenters. The summed E-state index contributed by atoms with van der Waals surface area (Å²) in [4.78, 5) is 4.19. The number of pyridine rings is 1. The number of nitrogens with zero attached hydrogens (tertiary/aromatic N) is 1. The summed E-state index contributed by atoms with van der Waals surface area (Å²) in [6, 6.07) is 19.7. The van der Waals surface area contributed by atoms with E-state index in [9.17, 15) is 0 Å². The summed E-state index contributed by atoms with van der Waals surface area (Å²) in [5, 5.41) is 3.57. The van der Waals surface area contributed by atoms with Crippen molar-refractivity contribution in [1.29, 1.82) is 0 Å². The molecular weight excluding hydrogens is 268 g/mol. The largest absolute Gasteiger partial charge is 0.378 e. The van der Waals surface area contributed by atoms with E-state index in [2.05, 4.69) is 65.8 Å². The van der Waals surface area contributed by atoms with Gasteiger partial charge < -0.3 is 5.32 Å². The summed E-state index contributed by atoms with van der Waals surface area (Å²) in [7, 11) is 0. The zero-order valence-corrected chi connectivity index (χ0v) is 12.6. The lowest BCUT2D eigenvalue weighted by molar-refractivity contribution is 0.875. The van der Waals surface area contributed by atoms with Gasteiger partial charge in [0.25, 0.3) is 0 Å². The standard InChI is InChI=1S/C20H18N2/c1-14(16-6-4-10-21-13-16)22-18-8-9-20-17(12-18)11-15-5-2-3-7-19(15)20/h2-10,12-14,22H,11H2,1H3. The topological polar surface area (TPSA) is 24.9 Å². The highest BCUT2D eigenvalue weighted by molar-refractivity contribution is 5.78. The molecule has 4 rings (SSSR count). The first kappa shape index (κ1) is 13.1. The van der Waals surface area contributed by atoms with Gasteiger partial charge in [0, 0.05) is 18.1 Å². The molecule has 2 nitrogen and oxygen atoms in total. The summed E-state index contributed by atoms with van der Waals surface area (Å²) in [5.74, 6) is 0. The van der Waals surface area contributed by atoms with Crippen molar-refractivity contribution in [2.24, 2.45) is 0 Å². The van der Waals surface area contributed by atoms with Crippen molar-refractivity contribution >= 4 is 5.69 Å². The van der Waals surface area contributed by atoms with Gasteiger partial charge in [-0.05, 0) is 59.4 Å². The number of hydrogen-bond donors (Lipinski definition) is 1. The molecule has 1 aromatic heterocycles. The molecule has 0 amide bonds. The second-order valence-corrected chi connectivity index (χ2v) is 5.86. The molecular formula is C20H18N2. The summed E-state index contributed by atoms with van der Waals surface area (Å²) >= 11 is 0. The van der Waals surface area contributed by atoms with Crippen LogP contribution in [0.15, 0.2) is 67.0 Å². The molecule has 0 aliphatic heterocycles. The van der Waals surface area contributed by atoms with Crippen LogP contribution < -0.4 is 5.32 Å². The number of rotatable bonds is 3. The molecule has 22 heavy (non-hydrogen) atoms. The Morgan fingerprint density at radius 1 is 0.955 bits per heavy atom. The molecule has 0 spiro atoms. The molecule has 0 saturated carbocycles. The van der Waals surface area contributed by atoms with E-state index in [0.29, 0.717) is 0 Å². The minimum atomic E-state index is 0.246. The van der Waals surface area contributed by atoms with E-state index in [1.807, 2.05) is 18.5 Å². The number of fused-ring (bicyclic) bond motifs is 3. The van der Waals surface area contributed by atoms with Gasteiger partial charge in [-0.2, -0.15) is 0 Å². The van der Waals surface area contributed by atoms with Crippen LogP contribution in [0.2, 0.25) is 0 Å². The summed E-state index contributed by atoms with van der Waals surface area (Å²) in [6.45, 7) is 2.17. The van der Waals surface area contributed by atoms with Gasteiger partial charge in [0.15, 0.2) is 0 Å². The van der Waals surface area contributed by atoms with Crippen molar-refractivity contribution in [3.63, 3.8) is 0 Å². The first-order chi connectivity index (χ1) is 10.8. The number of anilines is 1. The maximum absolute atomic E-state index is 4.19. The van der Waals surface area contributed by atoms with E-state index < -0.39 is 0 Å². The Kier molecular flexibility index (Phi) is 3.15. The first-order valence-electron chi connectivity index (χ1n) is 7.69. The Balaban J connectivity index is 1.60. The predicted molar refractivity (Wildman–Crippen MR) is 91.0 cm³/mol. The van der Waals surface area contributed by atoms with Gasteiger partial charge in [-0.15, -0.1) is 0 Å². The Labute approximate surface area is 130 Å². The molecule has 2 heteroatoms. The van der Waals surface area contributed by atoms with Gasteiger partial charge in [-0.1, -0.05) is 36.4 Å². The fourth-order valence-corrected chi connectivity index (χ4v) is 3.20. The van der Waals surface area contributed by atoms with Crippen molar-refractivity contribution in [2.75, 3.05) is 5.32 Å². The molecule has 1 N–H and O–H groups in total.